The van der Waals surface area contributed by atoms with Gasteiger partial charge in [0.05, 0.1) is 28.1 Å². The predicted molar refractivity (Wildman–Crippen MR) is 66.3 cm³/mol. The van der Waals surface area contributed by atoms with Crippen molar-refractivity contribution in [3.8, 4) is 35.7 Å². The fourth-order valence-corrected chi connectivity index (χ4v) is 1.55. The van der Waals surface area contributed by atoms with Crippen LogP contribution in [0.3, 0.4) is 0 Å². The van der Waals surface area contributed by atoms with Crippen LogP contribution in [-0.2, 0) is 0 Å². The molecule has 2 aromatic heterocycles. The van der Waals surface area contributed by atoms with E-state index in [0.29, 0.717) is 11.4 Å². The Morgan fingerprint density at radius 1 is 0.750 bits per heavy atom. The molecule has 0 aliphatic heterocycles. The van der Waals surface area contributed by atoms with Crippen LogP contribution < -0.4 is 0 Å². The molecule has 0 atom stereocenters. The van der Waals surface area contributed by atoms with Crippen molar-refractivity contribution in [2.45, 2.75) is 0 Å². The molecule has 2 heterocycles. The zero-order valence-corrected chi connectivity index (χ0v) is 9.99. The Labute approximate surface area is 114 Å². The Morgan fingerprint density at radius 3 is 2.05 bits per heavy atom. The second-order valence-electron chi connectivity index (χ2n) is 3.65. The molecule has 0 aliphatic carbocycles. The Kier molecular flexibility index (Phi) is 3.35. The lowest BCUT2D eigenvalue weighted by molar-refractivity contribution is 1.19. The van der Waals surface area contributed by atoms with E-state index in [1.165, 1.54) is 24.4 Å². The van der Waals surface area contributed by atoms with Crippen molar-refractivity contribution in [1.82, 2.24) is 9.97 Å². The quantitative estimate of drug-likeness (QED) is 0.764. The fourth-order valence-electron chi connectivity index (χ4n) is 1.55. The number of aromatic nitrogens is 2. The average Bonchev–Trinajstić information content (AvgIpc) is 2.53. The van der Waals surface area contributed by atoms with Gasteiger partial charge >= 0.3 is 0 Å². The maximum Gasteiger partial charge on any atom is 0.158 e. The number of hydrogen-bond donors (Lipinski definition) is 0. The summed E-state index contributed by atoms with van der Waals surface area (Å²) in [6.07, 6.45) is 1.28. The second kappa shape index (κ2) is 5.27. The van der Waals surface area contributed by atoms with Crippen LogP contribution in [0.4, 0.5) is 0 Å². The first-order valence-corrected chi connectivity index (χ1v) is 5.35. The highest BCUT2D eigenvalue weighted by molar-refractivity contribution is 5.61. The molecular weight excluding hydrogens is 252 g/mol. The van der Waals surface area contributed by atoms with Gasteiger partial charge in [-0.25, -0.2) is 4.98 Å². The van der Waals surface area contributed by atoms with Gasteiger partial charge in [0.1, 0.15) is 24.3 Å². The molecule has 0 aliphatic rings. The summed E-state index contributed by atoms with van der Waals surface area (Å²) in [5.41, 5.74) is 1.25. The summed E-state index contributed by atoms with van der Waals surface area (Å²) in [6.45, 7) is 0. The summed E-state index contributed by atoms with van der Waals surface area (Å²) in [6, 6.07) is 11.9. The summed E-state index contributed by atoms with van der Waals surface area (Å²) < 4.78 is 0. The lowest BCUT2D eigenvalue weighted by Crippen LogP contribution is -1.95. The molecule has 0 radical (unpaired) electrons. The van der Waals surface area contributed by atoms with Gasteiger partial charge in [-0.15, -0.1) is 0 Å². The van der Waals surface area contributed by atoms with E-state index < -0.39 is 0 Å². The van der Waals surface area contributed by atoms with E-state index in [9.17, 15) is 0 Å². The van der Waals surface area contributed by atoms with Gasteiger partial charge in [0.25, 0.3) is 0 Å². The van der Waals surface area contributed by atoms with Crippen LogP contribution in [-0.4, -0.2) is 9.97 Å². The zero-order chi connectivity index (χ0) is 14.5. The molecule has 0 bridgehead atoms. The highest BCUT2D eigenvalue weighted by Gasteiger charge is 2.10. The van der Waals surface area contributed by atoms with Gasteiger partial charge < -0.3 is 0 Å². The van der Waals surface area contributed by atoms with Crippen LogP contribution in [0.25, 0.3) is 11.4 Å². The molecule has 0 saturated carbocycles. The third-order valence-corrected chi connectivity index (χ3v) is 2.53. The Hall–Kier alpha value is -3.74. The van der Waals surface area contributed by atoms with Crippen LogP contribution in [0.2, 0.25) is 0 Å². The van der Waals surface area contributed by atoms with E-state index in [4.69, 9.17) is 21.0 Å². The largest absolute Gasteiger partial charge is 0.253 e. The molecule has 6 heteroatoms. The normalized spacial score (nSPS) is 8.80. The van der Waals surface area contributed by atoms with Gasteiger partial charge in [-0.3, -0.25) is 4.98 Å². The molecule has 0 aromatic carbocycles. The average molecular weight is 256 g/mol. The number of hydrogen-bond acceptors (Lipinski definition) is 6. The number of pyridine rings is 2. The highest BCUT2D eigenvalue weighted by atomic mass is 14.8. The van der Waals surface area contributed by atoms with Crippen LogP contribution >= 0.6 is 0 Å². The maximum atomic E-state index is 8.96. The van der Waals surface area contributed by atoms with E-state index in [-0.39, 0.29) is 22.4 Å². The minimum atomic E-state index is -0.00494. The maximum absolute atomic E-state index is 8.96. The Balaban J connectivity index is 2.60. The van der Waals surface area contributed by atoms with Crippen molar-refractivity contribution in [1.29, 1.82) is 21.0 Å². The van der Waals surface area contributed by atoms with Crippen LogP contribution in [0.5, 0.6) is 0 Å². The molecule has 0 saturated heterocycles. The molecule has 6 nitrogen and oxygen atoms in total. The van der Waals surface area contributed by atoms with E-state index >= 15 is 0 Å². The predicted octanol–water partition coefficient (Wildman–Crippen LogP) is 1.63. The number of nitriles is 4. The van der Waals surface area contributed by atoms with Crippen LogP contribution in [0.1, 0.15) is 22.4 Å². The first-order chi connectivity index (χ1) is 9.73. The summed E-state index contributed by atoms with van der Waals surface area (Å²) in [5, 5.41) is 35.5. The Bertz CT molecular complexity index is 782. The third-order valence-electron chi connectivity index (χ3n) is 2.53. The van der Waals surface area contributed by atoms with Crippen molar-refractivity contribution in [2.75, 3.05) is 0 Å². The summed E-state index contributed by atoms with van der Waals surface area (Å²) in [7, 11) is 0. The van der Waals surface area contributed by atoms with Crippen molar-refractivity contribution in [3.63, 3.8) is 0 Å². The van der Waals surface area contributed by atoms with E-state index in [2.05, 4.69) is 9.97 Å². The van der Waals surface area contributed by atoms with Crippen molar-refractivity contribution < 1.29 is 0 Å². The third kappa shape index (κ3) is 2.14. The second-order valence-corrected chi connectivity index (χ2v) is 3.65. The first kappa shape index (κ1) is 12.7. The Morgan fingerprint density at radius 2 is 1.45 bits per heavy atom. The minimum Gasteiger partial charge on any atom is -0.253 e. The molecule has 0 amide bonds. The molecule has 90 valence electrons. The molecule has 2 rings (SSSR count). The molecule has 2 aromatic rings. The van der Waals surface area contributed by atoms with Crippen molar-refractivity contribution in [2.24, 2.45) is 0 Å². The summed E-state index contributed by atoms with van der Waals surface area (Å²) in [4.78, 5) is 8.06. The standard InChI is InChI=1S/C14H4N6/c15-4-9-1-2-12(20-14(9)7-18)13-3-10(5-16)11(6-17)8-19-13/h1-3,8H. The first-order valence-electron chi connectivity index (χ1n) is 5.35. The fraction of sp³-hybridized carbons (Fsp3) is 0. The van der Waals surface area contributed by atoms with Gasteiger partial charge in [0.15, 0.2) is 5.69 Å². The minimum absolute atomic E-state index is 0.00494. The smallest absolute Gasteiger partial charge is 0.158 e. The molecule has 0 unspecified atom stereocenters. The number of rotatable bonds is 1. The lowest BCUT2D eigenvalue weighted by Gasteiger charge is -2.02. The van der Waals surface area contributed by atoms with E-state index in [0.717, 1.165) is 0 Å². The SMILES string of the molecule is N#Cc1cnc(-c2ccc(C#N)c(C#N)n2)cc1C#N. The van der Waals surface area contributed by atoms with E-state index in [1.54, 1.807) is 0 Å². The van der Waals surface area contributed by atoms with Gasteiger partial charge in [-0.05, 0) is 18.2 Å². The summed E-state index contributed by atoms with van der Waals surface area (Å²) in [5.74, 6) is 0. The van der Waals surface area contributed by atoms with Gasteiger partial charge in [0, 0.05) is 6.20 Å². The molecule has 0 spiro atoms. The van der Waals surface area contributed by atoms with Crippen molar-refractivity contribution >= 4 is 0 Å². The molecule has 20 heavy (non-hydrogen) atoms. The van der Waals surface area contributed by atoms with Gasteiger partial charge in [-0.2, -0.15) is 21.0 Å². The lowest BCUT2D eigenvalue weighted by atomic mass is 10.1. The van der Waals surface area contributed by atoms with Crippen molar-refractivity contribution in [3.05, 3.63) is 46.8 Å². The molecular formula is C14H4N6. The highest BCUT2D eigenvalue weighted by Crippen LogP contribution is 2.19. The molecule has 0 N–H and O–H groups in total. The topological polar surface area (TPSA) is 121 Å². The van der Waals surface area contributed by atoms with Gasteiger partial charge in [-0.1, -0.05) is 0 Å². The van der Waals surface area contributed by atoms with Crippen LogP contribution in [0, 0.1) is 45.3 Å². The summed E-state index contributed by atoms with van der Waals surface area (Å²) >= 11 is 0. The van der Waals surface area contributed by atoms with Crippen LogP contribution in [0.15, 0.2) is 24.4 Å². The zero-order valence-electron chi connectivity index (χ0n) is 9.99. The molecule has 0 fully saturated rings. The van der Waals surface area contributed by atoms with E-state index in [1.807, 2.05) is 24.3 Å². The number of nitrogens with zero attached hydrogens (tertiary/aromatic N) is 6. The van der Waals surface area contributed by atoms with Gasteiger partial charge in [0.2, 0.25) is 0 Å². The monoisotopic (exact) mass is 256 g/mol.